The first-order valence-electron chi connectivity index (χ1n) is 6.70. The van der Waals surface area contributed by atoms with Gasteiger partial charge in [-0.25, -0.2) is 4.98 Å². The van der Waals surface area contributed by atoms with Crippen LogP contribution in [-0.4, -0.2) is 12.1 Å². The van der Waals surface area contributed by atoms with Crippen molar-refractivity contribution in [3.05, 3.63) is 59.5 Å². The minimum atomic E-state index is 0.856. The SMILES string of the molecule is COc1ccc(-c2nc(Nc3ccccc3)sc2C)cc1. The molecule has 0 saturated carbocycles. The summed E-state index contributed by atoms with van der Waals surface area (Å²) < 4.78 is 5.19. The Morgan fingerprint density at radius 2 is 1.71 bits per heavy atom. The summed E-state index contributed by atoms with van der Waals surface area (Å²) in [5.41, 5.74) is 3.17. The van der Waals surface area contributed by atoms with E-state index in [4.69, 9.17) is 9.72 Å². The van der Waals surface area contributed by atoms with Crippen LogP contribution in [0, 0.1) is 6.92 Å². The number of methoxy groups -OCH3 is 1. The molecule has 21 heavy (non-hydrogen) atoms. The highest BCUT2D eigenvalue weighted by molar-refractivity contribution is 7.16. The van der Waals surface area contributed by atoms with Crippen LogP contribution in [0.15, 0.2) is 54.6 Å². The topological polar surface area (TPSA) is 34.1 Å². The number of para-hydroxylation sites is 1. The lowest BCUT2D eigenvalue weighted by atomic mass is 10.1. The van der Waals surface area contributed by atoms with Crippen LogP contribution in [0.1, 0.15) is 4.88 Å². The van der Waals surface area contributed by atoms with Crippen LogP contribution in [0.3, 0.4) is 0 Å². The summed E-state index contributed by atoms with van der Waals surface area (Å²) >= 11 is 1.66. The van der Waals surface area contributed by atoms with E-state index in [1.807, 2.05) is 54.6 Å². The summed E-state index contributed by atoms with van der Waals surface area (Å²) in [4.78, 5) is 5.89. The Hall–Kier alpha value is -2.33. The summed E-state index contributed by atoms with van der Waals surface area (Å²) in [7, 11) is 1.67. The third-order valence-electron chi connectivity index (χ3n) is 3.19. The van der Waals surface area contributed by atoms with Gasteiger partial charge in [-0.3, -0.25) is 0 Å². The number of hydrogen-bond donors (Lipinski definition) is 1. The molecule has 2 aromatic carbocycles. The first-order chi connectivity index (χ1) is 10.3. The van der Waals surface area contributed by atoms with E-state index in [2.05, 4.69) is 12.2 Å². The highest BCUT2D eigenvalue weighted by Gasteiger charge is 2.10. The Kier molecular flexibility index (Phi) is 3.88. The van der Waals surface area contributed by atoms with Gasteiger partial charge in [0.2, 0.25) is 0 Å². The van der Waals surface area contributed by atoms with Gasteiger partial charge in [0, 0.05) is 16.1 Å². The molecular weight excluding hydrogens is 280 g/mol. The van der Waals surface area contributed by atoms with E-state index in [-0.39, 0.29) is 0 Å². The fourth-order valence-corrected chi connectivity index (χ4v) is 2.97. The zero-order valence-corrected chi connectivity index (χ0v) is 12.8. The predicted octanol–water partition coefficient (Wildman–Crippen LogP) is 4.87. The van der Waals surface area contributed by atoms with Crippen molar-refractivity contribution in [1.29, 1.82) is 0 Å². The van der Waals surface area contributed by atoms with Gasteiger partial charge in [-0.1, -0.05) is 18.2 Å². The summed E-state index contributed by atoms with van der Waals surface area (Å²) in [5.74, 6) is 0.856. The summed E-state index contributed by atoms with van der Waals surface area (Å²) in [6.45, 7) is 2.09. The first-order valence-corrected chi connectivity index (χ1v) is 7.52. The zero-order chi connectivity index (χ0) is 14.7. The third kappa shape index (κ3) is 3.06. The molecule has 0 spiro atoms. The van der Waals surface area contributed by atoms with Crippen LogP contribution in [0.25, 0.3) is 11.3 Å². The van der Waals surface area contributed by atoms with Crippen molar-refractivity contribution in [3.8, 4) is 17.0 Å². The van der Waals surface area contributed by atoms with E-state index < -0.39 is 0 Å². The molecule has 3 aromatic rings. The molecule has 0 fully saturated rings. The molecule has 3 nitrogen and oxygen atoms in total. The molecule has 3 rings (SSSR count). The maximum absolute atomic E-state index is 5.19. The van der Waals surface area contributed by atoms with Gasteiger partial charge >= 0.3 is 0 Å². The van der Waals surface area contributed by atoms with Gasteiger partial charge in [0.05, 0.1) is 12.8 Å². The van der Waals surface area contributed by atoms with E-state index in [0.717, 1.165) is 27.8 Å². The van der Waals surface area contributed by atoms with Crippen molar-refractivity contribution in [2.24, 2.45) is 0 Å². The monoisotopic (exact) mass is 296 g/mol. The normalized spacial score (nSPS) is 10.4. The molecule has 4 heteroatoms. The number of benzene rings is 2. The summed E-state index contributed by atoms with van der Waals surface area (Å²) in [5, 5.41) is 4.25. The van der Waals surface area contributed by atoms with Crippen molar-refractivity contribution in [2.75, 3.05) is 12.4 Å². The lowest BCUT2D eigenvalue weighted by Gasteiger charge is -2.02. The molecular formula is C17H16N2OS. The molecule has 0 radical (unpaired) electrons. The first kappa shape index (κ1) is 13.6. The Morgan fingerprint density at radius 1 is 1.00 bits per heavy atom. The van der Waals surface area contributed by atoms with Gasteiger partial charge in [-0.05, 0) is 43.3 Å². The fraction of sp³-hybridized carbons (Fsp3) is 0.118. The molecule has 1 aromatic heterocycles. The largest absolute Gasteiger partial charge is 0.497 e. The van der Waals surface area contributed by atoms with Crippen molar-refractivity contribution >= 4 is 22.2 Å². The second kappa shape index (κ2) is 5.97. The second-order valence-electron chi connectivity index (χ2n) is 4.64. The minimum absolute atomic E-state index is 0.856. The molecule has 0 atom stereocenters. The molecule has 0 aliphatic rings. The number of ether oxygens (including phenoxy) is 1. The molecule has 0 saturated heterocycles. The van der Waals surface area contributed by atoms with E-state index in [1.165, 1.54) is 4.88 Å². The summed E-state index contributed by atoms with van der Waals surface area (Å²) in [6.07, 6.45) is 0. The van der Waals surface area contributed by atoms with E-state index in [0.29, 0.717) is 0 Å². The molecule has 0 aliphatic carbocycles. The number of aromatic nitrogens is 1. The van der Waals surface area contributed by atoms with Crippen LogP contribution in [-0.2, 0) is 0 Å². The average molecular weight is 296 g/mol. The summed E-state index contributed by atoms with van der Waals surface area (Å²) in [6, 6.07) is 18.1. The molecule has 0 unspecified atom stereocenters. The Morgan fingerprint density at radius 3 is 2.38 bits per heavy atom. The van der Waals surface area contributed by atoms with Gasteiger partial charge in [0.25, 0.3) is 0 Å². The highest BCUT2D eigenvalue weighted by atomic mass is 32.1. The molecule has 0 amide bonds. The van der Waals surface area contributed by atoms with E-state index in [9.17, 15) is 0 Å². The van der Waals surface area contributed by atoms with Crippen molar-refractivity contribution in [1.82, 2.24) is 4.98 Å². The number of nitrogens with one attached hydrogen (secondary N) is 1. The van der Waals surface area contributed by atoms with Gasteiger partial charge < -0.3 is 10.1 Å². The smallest absolute Gasteiger partial charge is 0.187 e. The number of nitrogens with zero attached hydrogens (tertiary/aromatic N) is 1. The van der Waals surface area contributed by atoms with Crippen molar-refractivity contribution in [3.63, 3.8) is 0 Å². The van der Waals surface area contributed by atoms with Gasteiger partial charge in [-0.2, -0.15) is 0 Å². The maximum Gasteiger partial charge on any atom is 0.187 e. The molecule has 1 heterocycles. The van der Waals surface area contributed by atoms with Crippen LogP contribution < -0.4 is 10.1 Å². The van der Waals surface area contributed by atoms with E-state index in [1.54, 1.807) is 18.4 Å². The van der Waals surface area contributed by atoms with Crippen molar-refractivity contribution < 1.29 is 4.74 Å². The average Bonchev–Trinajstić information content (AvgIpc) is 2.89. The zero-order valence-electron chi connectivity index (χ0n) is 12.0. The van der Waals surface area contributed by atoms with E-state index >= 15 is 0 Å². The fourth-order valence-electron chi connectivity index (χ4n) is 2.11. The standard InChI is InChI=1S/C17H16N2OS/c1-12-16(13-8-10-15(20-2)11-9-13)19-17(21-12)18-14-6-4-3-5-7-14/h3-11H,1-2H3,(H,18,19). The number of thiazole rings is 1. The quantitative estimate of drug-likeness (QED) is 0.745. The molecule has 0 bridgehead atoms. The van der Waals surface area contributed by atoms with Crippen LogP contribution >= 0.6 is 11.3 Å². The van der Waals surface area contributed by atoms with Gasteiger partial charge in [0.15, 0.2) is 5.13 Å². The predicted molar refractivity (Wildman–Crippen MR) is 88.6 cm³/mol. The number of anilines is 2. The lowest BCUT2D eigenvalue weighted by Crippen LogP contribution is -1.89. The van der Waals surface area contributed by atoms with Crippen LogP contribution in [0.5, 0.6) is 5.75 Å². The lowest BCUT2D eigenvalue weighted by molar-refractivity contribution is 0.415. The number of aryl methyl sites for hydroxylation is 1. The Balaban J connectivity index is 1.86. The molecule has 0 aliphatic heterocycles. The minimum Gasteiger partial charge on any atom is -0.497 e. The Bertz CT molecular complexity index is 720. The van der Waals surface area contributed by atoms with Crippen LogP contribution in [0.4, 0.5) is 10.8 Å². The third-order valence-corrected chi connectivity index (χ3v) is 4.07. The molecule has 1 N–H and O–H groups in total. The van der Waals surface area contributed by atoms with Gasteiger partial charge in [0.1, 0.15) is 5.75 Å². The maximum atomic E-state index is 5.19. The number of hydrogen-bond acceptors (Lipinski definition) is 4. The number of rotatable bonds is 4. The van der Waals surface area contributed by atoms with Crippen LogP contribution in [0.2, 0.25) is 0 Å². The molecule has 106 valence electrons. The Labute approximate surface area is 128 Å². The van der Waals surface area contributed by atoms with Crippen molar-refractivity contribution in [2.45, 2.75) is 6.92 Å². The second-order valence-corrected chi connectivity index (χ2v) is 5.85. The van der Waals surface area contributed by atoms with Gasteiger partial charge in [-0.15, -0.1) is 11.3 Å². The highest BCUT2D eigenvalue weighted by Crippen LogP contribution is 2.32.